The van der Waals surface area contributed by atoms with Gasteiger partial charge in [0.25, 0.3) is 0 Å². The van der Waals surface area contributed by atoms with E-state index in [1.54, 1.807) is 38.6 Å². The number of aromatic nitrogens is 1. The van der Waals surface area contributed by atoms with Crippen LogP contribution in [0.5, 0.6) is 11.5 Å². The quantitative estimate of drug-likeness (QED) is 0.204. The van der Waals surface area contributed by atoms with Gasteiger partial charge in [-0.3, -0.25) is 9.78 Å². The van der Waals surface area contributed by atoms with Crippen LogP contribution in [0.1, 0.15) is 29.2 Å². The molecule has 11 heteroatoms. The highest BCUT2D eigenvalue weighted by atomic mass is 32.2. The Kier molecular flexibility index (Phi) is 8.88. The number of ether oxygens (including phenoxy) is 2. The van der Waals surface area contributed by atoms with Gasteiger partial charge in [-0.05, 0) is 47.4 Å². The third-order valence-electron chi connectivity index (χ3n) is 6.60. The van der Waals surface area contributed by atoms with Crippen molar-refractivity contribution in [2.75, 3.05) is 19.5 Å². The molecule has 0 radical (unpaired) electrons. The summed E-state index contributed by atoms with van der Waals surface area (Å²) in [5.74, 6) is 0.634. The second-order valence-electron chi connectivity index (χ2n) is 9.24. The van der Waals surface area contributed by atoms with Crippen LogP contribution >= 0.6 is 0 Å². The minimum atomic E-state index is -3.72. The minimum absolute atomic E-state index is 0.0204. The maximum Gasteiger partial charge on any atom is 0.238 e. The zero-order valence-corrected chi connectivity index (χ0v) is 23.5. The maximum absolute atomic E-state index is 11.9. The summed E-state index contributed by atoms with van der Waals surface area (Å²) >= 11 is 0. The predicted octanol–water partition coefficient (Wildman–Crippen LogP) is 3.52. The van der Waals surface area contributed by atoms with E-state index in [0.717, 1.165) is 39.9 Å². The summed E-state index contributed by atoms with van der Waals surface area (Å²) in [6.07, 6.45) is 2.43. The second-order valence-corrected chi connectivity index (χ2v) is 10.8. The minimum Gasteiger partial charge on any atom is -0.493 e. The smallest absolute Gasteiger partial charge is 0.238 e. The lowest BCUT2D eigenvalue weighted by molar-refractivity contribution is -0.117. The van der Waals surface area contributed by atoms with Crippen molar-refractivity contribution < 1.29 is 22.7 Å². The number of anilines is 2. The summed E-state index contributed by atoms with van der Waals surface area (Å²) in [4.78, 5) is 16.5. The molecule has 10 nitrogen and oxygen atoms in total. The number of primary amides is 1. The van der Waals surface area contributed by atoms with Crippen LogP contribution in [0.4, 0.5) is 11.4 Å². The SMILES string of the molecule is CCc1c(CNCc2ccc(S(N)(=O)=O)cc2)cccc1Nc1c(CC(N)=O)cnc2cc(OC)c(OC)cc12. The molecule has 1 heterocycles. The Labute approximate surface area is 233 Å². The molecule has 0 aliphatic heterocycles. The van der Waals surface area contributed by atoms with Crippen LogP contribution in [0, 0.1) is 0 Å². The molecule has 210 valence electrons. The normalized spacial score (nSPS) is 11.4. The van der Waals surface area contributed by atoms with Gasteiger partial charge in [-0.15, -0.1) is 0 Å². The van der Waals surface area contributed by atoms with E-state index < -0.39 is 15.9 Å². The van der Waals surface area contributed by atoms with Gasteiger partial charge in [-0.1, -0.05) is 31.2 Å². The van der Waals surface area contributed by atoms with Crippen LogP contribution in [-0.4, -0.2) is 33.5 Å². The van der Waals surface area contributed by atoms with Crippen LogP contribution in [-0.2, 0) is 40.7 Å². The largest absolute Gasteiger partial charge is 0.493 e. The fourth-order valence-corrected chi connectivity index (χ4v) is 5.15. The van der Waals surface area contributed by atoms with E-state index in [4.69, 9.17) is 20.3 Å². The van der Waals surface area contributed by atoms with E-state index in [-0.39, 0.29) is 11.3 Å². The highest BCUT2D eigenvalue weighted by molar-refractivity contribution is 7.89. The summed E-state index contributed by atoms with van der Waals surface area (Å²) in [5.41, 5.74) is 11.7. The zero-order valence-electron chi connectivity index (χ0n) is 22.7. The molecule has 0 saturated carbocycles. The van der Waals surface area contributed by atoms with Crippen LogP contribution in [0.25, 0.3) is 10.9 Å². The third kappa shape index (κ3) is 6.50. The lowest BCUT2D eigenvalue weighted by atomic mass is 10.0. The molecule has 4 aromatic rings. The van der Waals surface area contributed by atoms with Crippen molar-refractivity contribution >= 4 is 38.2 Å². The Morgan fingerprint density at radius 1 is 0.975 bits per heavy atom. The molecule has 6 N–H and O–H groups in total. The average molecular weight is 564 g/mol. The molecule has 3 aromatic carbocycles. The number of sulfonamides is 1. The van der Waals surface area contributed by atoms with E-state index in [2.05, 4.69) is 28.6 Å². The number of fused-ring (bicyclic) bond motifs is 1. The van der Waals surface area contributed by atoms with Gasteiger partial charge in [0.2, 0.25) is 15.9 Å². The molecule has 1 amide bonds. The van der Waals surface area contributed by atoms with Gasteiger partial charge < -0.3 is 25.8 Å². The number of hydrogen-bond acceptors (Lipinski definition) is 8. The molecule has 0 aliphatic carbocycles. The number of amides is 1. The Bertz CT molecular complexity index is 1640. The number of nitrogens with two attached hydrogens (primary N) is 2. The van der Waals surface area contributed by atoms with Gasteiger partial charge >= 0.3 is 0 Å². The summed E-state index contributed by atoms with van der Waals surface area (Å²) in [7, 11) is -0.591. The zero-order chi connectivity index (χ0) is 28.9. The predicted molar refractivity (Wildman–Crippen MR) is 155 cm³/mol. The molecule has 4 rings (SSSR count). The monoisotopic (exact) mass is 563 g/mol. The number of nitrogens with one attached hydrogen (secondary N) is 2. The van der Waals surface area contributed by atoms with E-state index in [1.807, 2.05) is 18.2 Å². The molecule has 40 heavy (non-hydrogen) atoms. The molecule has 0 fully saturated rings. The average Bonchev–Trinajstić information content (AvgIpc) is 2.93. The number of methoxy groups -OCH3 is 2. The lowest BCUT2D eigenvalue weighted by Crippen LogP contribution is -2.16. The van der Waals surface area contributed by atoms with Crippen molar-refractivity contribution in [3.63, 3.8) is 0 Å². The second kappa shape index (κ2) is 12.3. The van der Waals surface area contributed by atoms with E-state index >= 15 is 0 Å². The van der Waals surface area contributed by atoms with Crippen LogP contribution in [0.15, 0.2) is 65.7 Å². The van der Waals surface area contributed by atoms with Crippen molar-refractivity contribution in [3.05, 3.63) is 83.0 Å². The Balaban J connectivity index is 1.64. The first-order valence-corrected chi connectivity index (χ1v) is 14.2. The molecule has 0 aliphatic rings. The first-order chi connectivity index (χ1) is 19.1. The maximum atomic E-state index is 11.9. The number of rotatable bonds is 12. The van der Waals surface area contributed by atoms with Gasteiger partial charge in [0, 0.05) is 42.0 Å². The molecule has 0 atom stereocenters. The number of pyridine rings is 1. The van der Waals surface area contributed by atoms with Crippen LogP contribution < -0.4 is 31.0 Å². The summed E-state index contributed by atoms with van der Waals surface area (Å²) in [6.45, 7) is 3.22. The van der Waals surface area contributed by atoms with Crippen molar-refractivity contribution in [2.24, 2.45) is 10.9 Å². The molecule has 0 unspecified atom stereocenters. The lowest BCUT2D eigenvalue weighted by Gasteiger charge is -2.20. The highest BCUT2D eigenvalue weighted by Crippen LogP contribution is 2.38. The van der Waals surface area contributed by atoms with Gasteiger partial charge in [0.15, 0.2) is 11.5 Å². The number of hydrogen-bond donors (Lipinski definition) is 4. The number of primary sulfonamides is 1. The Hall–Kier alpha value is -4.19. The molecule has 0 bridgehead atoms. The summed E-state index contributed by atoms with van der Waals surface area (Å²) in [6, 6.07) is 16.1. The molecule has 0 saturated heterocycles. The van der Waals surface area contributed by atoms with Crippen molar-refractivity contribution in [1.29, 1.82) is 0 Å². The summed E-state index contributed by atoms with van der Waals surface area (Å²) < 4.78 is 34.0. The van der Waals surface area contributed by atoms with Crippen molar-refractivity contribution in [1.82, 2.24) is 10.3 Å². The number of carbonyl (C=O) groups is 1. The molecule has 0 spiro atoms. The first kappa shape index (κ1) is 28.8. The van der Waals surface area contributed by atoms with E-state index in [0.29, 0.717) is 35.7 Å². The van der Waals surface area contributed by atoms with Gasteiger partial charge in [0.05, 0.1) is 36.7 Å². The fraction of sp³-hybridized carbons (Fsp3) is 0.241. The van der Waals surface area contributed by atoms with E-state index in [1.165, 1.54) is 12.1 Å². The highest BCUT2D eigenvalue weighted by Gasteiger charge is 2.17. The summed E-state index contributed by atoms with van der Waals surface area (Å²) in [5, 5.41) is 12.9. The van der Waals surface area contributed by atoms with Crippen molar-refractivity contribution in [2.45, 2.75) is 37.8 Å². The standard InChI is InChI=1S/C29H33N5O5S/c1-4-22-19(16-32-15-18-8-10-21(11-9-18)40(31,36)37)6-5-7-24(22)34-29-20(12-28(30)35)17-33-25-14-27(39-3)26(38-2)13-23(25)29/h5-11,13-14,17,32H,4,12,15-16H2,1-3H3,(H2,30,35)(H,33,34)(H2,31,36,37). The van der Waals surface area contributed by atoms with Gasteiger partial charge in [-0.25, -0.2) is 13.6 Å². The van der Waals surface area contributed by atoms with Gasteiger partial charge in [0.1, 0.15) is 0 Å². The van der Waals surface area contributed by atoms with Gasteiger partial charge in [-0.2, -0.15) is 0 Å². The third-order valence-corrected chi connectivity index (χ3v) is 7.53. The van der Waals surface area contributed by atoms with Crippen LogP contribution in [0.2, 0.25) is 0 Å². The Morgan fingerprint density at radius 2 is 1.68 bits per heavy atom. The Morgan fingerprint density at radius 3 is 2.30 bits per heavy atom. The van der Waals surface area contributed by atoms with Crippen LogP contribution in [0.3, 0.4) is 0 Å². The molecular weight excluding hydrogens is 530 g/mol. The molecular formula is C29H33N5O5S. The molecule has 1 aromatic heterocycles. The fourth-order valence-electron chi connectivity index (χ4n) is 4.64. The first-order valence-electron chi connectivity index (χ1n) is 12.7. The van der Waals surface area contributed by atoms with Crippen molar-refractivity contribution in [3.8, 4) is 11.5 Å². The topological polar surface area (TPSA) is 159 Å². The number of benzene rings is 3. The number of carbonyl (C=O) groups excluding carboxylic acids is 1. The van der Waals surface area contributed by atoms with E-state index in [9.17, 15) is 13.2 Å². The number of nitrogens with zero attached hydrogens (tertiary/aromatic N) is 1.